The van der Waals surface area contributed by atoms with Gasteiger partial charge in [0.15, 0.2) is 0 Å². The van der Waals surface area contributed by atoms with Crippen molar-refractivity contribution in [1.29, 1.82) is 0 Å². The Morgan fingerprint density at radius 1 is 0.634 bits per heavy atom. The Hall–Kier alpha value is -1.14. The average Bonchev–Trinajstić information content (AvgIpc) is 2.96. The quantitative estimate of drug-likeness (QED) is 0.0990. The average molecular weight is 593 g/mol. The van der Waals surface area contributed by atoms with Gasteiger partial charge < -0.3 is 43.4 Å². The predicted molar refractivity (Wildman–Crippen MR) is 168 cm³/mol. The fourth-order valence-corrected chi connectivity index (χ4v) is 2.79. The molecule has 0 aliphatic carbocycles. The summed E-state index contributed by atoms with van der Waals surface area (Å²) in [6.07, 6.45) is 6.70. The number of hydrogen-bond acceptors (Lipinski definition) is 9. The summed E-state index contributed by atoms with van der Waals surface area (Å²) in [5, 5.41) is 17.2. The van der Waals surface area contributed by atoms with Gasteiger partial charge in [0, 0.05) is 7.11 Å². The molecule has 0 aliphatic heterocycles. The largest absolute Gasteiger partial charge is 0.394 e. The lowest BCUT2D eigenvalue weighted by Gasteiger charge is -2.15. The molecule has 0 saturated heterocycles. The molecule has 9 heteroatoms. The van der Waals surface area contributed by atoms with Crippen LogP contribution in [0.2, 0.25) is 0 Å². The number of aliphatic hydroxyl groups excluding tert-OH is 2. The summed E-state index contributed by atoms with van der Waals surface area (Å²) < 4.78 is 37.2. The van der Waals surface area contributed by atoms with Gasteiger partial charge in [-0.05, 0) is 46.0 Å². The summed E-state index contributed by atoms with van der Waals surface area (Å²) >= 11 is 0. The van der Waals surface area contributed by atoms with E-state index < -0.39 is 0 Å². The van der Waals surface area contributed by atoms with Crippen molar-refractivity contribution in [3.63, 3.8) is 0 Å². The number of methoxy groups -OCH3 is 1. The van der Waals surface area contributed by atoms with Gasteiger partial charge in [0.25, 0.3) is 0 Å². The Morgan fingerprint density at radius 3 is 1.34 bits per heavy atom. The Morgan fingerprint density at radius 2 is 1.02 bits per heavy atom. The molecule has 0 aromatic heterocycles. The Bertz CT molecular complexity index is 523. The maximum atomic E-state index is 8.58. The minimum absolute atomic E-state index is 0.0717. The second kappa shape index (κ2) is 36.9. The Kier molecular flexibility index (Phi) is 39.9. The van der Waals surface area contributed by atoms with Crippen LogP contribution in [0.25, 0.3) is 0 Å². The van der Waals surface area contributed by atoms with Gasteiger partial charge in [0.2, 0.25) is 0 Å². The van der Waals surface area contributed by atoms with E-state index in [0.717, 1.165) is 43.3 Å². The predicted octanol–water partition coefficient (Wildman–Crippen LogP) is 5.14. The molecule has 246 valence electrons. The molecule has 0 aliphatic rings. The van der Waals surface area contributed by atoms with Gasteiger partial charge in [0.05, 0.1) is 97.6 Å². The molecule has 0 fully saturated rings. The van der Waals surface area contributed by atoms with E-state index in [9.17, 15) is 0 Å². The summed E-state index contributed by atoms with van der Waals surface area (Å²) in [5.41, 5.74) is 2.27. The van der Waals surface area contributed by atoms with Gasteiger partial charge in [-0.25, -0.2) is 0 Å². The zero-order chi connectivity index (χ0) is 31.6. The monoisotopic (exact) mass is 592 g/mol. The summed E-state index contributed by atoms with van der Waals surface area (Å²) in [6, 6.07) is 0. The first-order chi connectivity index (χ1) is 19.7. The van der Waals surface area contributed by atoms with Crippen LogP contribution in [0.4, 0.5) is 0 Å². The molecule has 3 atom stereocenters. The maximum absolute atomic E-state index is 8.58. The van der Waals surface area contributed by atoms with Crippen molar-refractivity contribution in [2.75, 3.05) is 86.4 Å². The first kappa shape index (κ1) is 44.3. The molecule has 0 aromatic carbocycles. The first-order valence-electron chi connectivity index (χ1n) is 14.9. The number of hydrogen-bond donors (Lipinski definition) is 2. The minimum Gasteiger partial charge on any atom is -0.394 e. The second-order valence-corrected chi connectivity index (χ2v) is 9.53. The fraction of sp³-hybridized carbons (Fsp3) is 0.812. The maximum Gasteiger partial charge on any atom is 0.0807 e. The van der Waals surface area contributed by atoms with Crippen LogP contribution in [0.3, 0.4) is 0 Å². The van der Waals surface area contributed by atoms with Crippen LogP contribution >= 0.6 is 0 Å². The van der Waals surface area contributed by atoms with Gasteiger partial charge in [-0.3, -0.25) is 0 Å². The van der Waals surface area contributed by atoms with Crippen molar-refractivity contribution in [2.24, 2.45) is 0 Å². The molecule has 3 unspecified atom stereocenters. The van der Waals surface area contributed by atoms with E-state index in [1.165, 1.54) is 0 Å². The molecule has 0 bridgehead atoms. The summed E-state index contributed by atoms with van der Waals surface area (Å²) in [5.74, 6) is 0. The SMILES string of the molecule is C=C(C)CCOCC(CC)OCCO.C=C(C)CCOCC(CC)OCCO.C=CCOCC(CC)OCCOC. The molecule has 0 saturated carbocycles. The summed E-state index contributed by atoms with van der Waals surface area (Å²) in [4.78, 5) is 0. The third-order valence-electron chi connectivity index (χ3n) is 5.39. The lowest BCUT2D eigenvalue weighted by atomic mass is 10.2. The highest BCUT2D eigenvalue weighted by atomic mass is 16.6. The standard InChI is InChI=1S/2C11H22O3.C10H20O3/c2*1-4-11(14-8-6-12)9-13-7-5-10(2)3;1-4-6-12-9-10(5-2)13-8-7-11-3/h2*11-12H,2,4-9H2,1,3H3;4,10H,1,5-9H2,2-3H3. The van der Waals surface area contributed by atoms with Crippen LogP contribution in [0.5, 0.6) is 0 Å². The van der Waals surface area contributed by atoms with E-state index in [-0.39, 0.29) is 31.5 Å². The van der Waals surface area contributed by atoms with Crippen LogP contribution in [0.15, 0.2) is 37.0 Å². The zero-order valence-corrected chi connectivity index (χ0v) is 27.2. The van der Waals surface area contributed by atoms with Crippen molar-refractivity contribution < 1.29 is 43.4 Å². The van der Waals surface area contributed by atoms with Crippen LogP contribution in [-0.2, 0) is 33.2 Å². The molecular formula is C32H64O9. The topological polar surface area (TPSA) is 105 Å². The van der Waals surface area contributed by atoms with Crippen molar-refractivity contribution >= 4 is 0 Å². The highest BCUT2D eigenvalue weighted by Gasteiger charge is 2.07. The third-order valence-corrected chi connectivity index (χ3v) is 5.39. The van der Waals surface area contributed by atoms with E-state index in [1.807, 2.05) is 27.7 Å². The van der Waals surface area contributed by atoms with Crippen LogP contribution in [0, 0.1) is 0 Å². The molecule has 0 radical (unpaired) electrons. The lowest BCUT2D eigenvalue weighted by Crippen LogP contribution is -2.21. The van der Waals surface area contributed by atoms with Gasteiger partial charge in [-0.2, -0.15) is 0 Å². The van der Waals surface area contributed by atoms with Crippen molar-refractivity contribution in [2.45, 2.75) is 85.0 Å². The Balaban J connectivity index is -0.000000529. The summed E-state index contributed by atoms with van der Waals surface area (Å²) in [7, 11) is 1.67. The molecule has 0 amide bonds. The Labute approximate surface area is 251 Å². The normalized spacial score (nSPS) is 12.8. The van der Waals surface area contributed by atoms with E-state index in [1.54, 1.807) is 13.2 Å². The first-order valence-corrected chi connectivity index (χ1v) is 14.9. The van der Waals surface area contributed by atoms with Crippen molar-refractivity contribution in [1.82, 2.24) is 0 Å². The molecule has 0 rings (SSSR count). The van der Waals surface area contributed by atoms with E-state index in [0.29, 0.717) is 66.1 Å². The van der Waals surface area contributed by atoms with E-state index >= 15 is 0 Å². The molecule has 0 heterocycles. The second-order valence-electron chi connectivity index (χ2n) is 9.53. The highest BCUT2D eigenvalue weighted by Crippen LogP contribution is 2.02. The van der Waals surface area contributed by atoms with Crippen LogP contribution in [0.1, 0.15) is 66.7 Å². The molecular weight excluding hydrogens is 528 g/mol. The van der Waals surface area contributed by atoms with Gasteiger partial charge in [-0.1, -0.05) is 38.0 Å². The number of rotatable bonds is 27. The van der Waals surface area contributed by atoms with E-state index in [4.69, 9.17) is 43.4 Å². The van der Waals surface area contributed by atoms with Crippen molar-refractivity contribution in [3.8, 4) is 0 Å². The van der Waals surface area contributed by atoms with E-state index in [2.05, 4.69) is 26.7 Å². The van der Waals surface area contributed by atoms with Gasteiger partial charge in [0.1, 0.15) is 0 Å². The smallest absolute Gasteiger partial charge is 0.0807 e. The number of ether oxygens (including phenoxy) is 7. The summed E-state index contributed by atoms with van der Waals surface area (Å²) in [6.45, 7) is 27.3. The highest BCUT2D eigenvalue weighted by molar-refractivity contribution is 4.87. The molecule has 0 spiro atoms. The number of aliphatic hydroxyl groups is 2. The fourth-order valence-electron chi connectivity index (χ4n) is 2.79. The van der Waals surface area contributed by atoms with Crippen LogP contribution < -0.4 is 0 Å². The lowest BCUT2D eigenvalue weighted by molar-refractivity contribution is -0.0288. The molecule has 41 heavy (non-hydrogen) atoms. The van der Waals surface area contributed by atoms with Gasteiger partial charge in [-0.15, -0.1) is 19.7 Å². The zero-order valence-electron chi connectivity index (χ0n) is 27.2. The minimum atomic E-state index is 0.0717. The van der Waals surface area contributed by atoms with Gasteiger partial charge >= 0.3 is 0 Å². The van der Waals surface area contributed by atoms with Crippen molar-refractivity contribution in [3.05, 3.63) is 37.0 Å². The molecule has 9 nitrogen and oxygen atoms in total. The third kappa shape index (κ3) is 38.9. The molecule has 2 N–H and O–H groups in total. The molecule has 0 aromatic rings. The van der Waals surface area contributed by atoms with Crippen LogP contribution in [-0.4, -0.2) is 115 Å².